The van der Waals surface area contributed by atoms with Crippen LogP contribution in [0.15, 0.2) is 30.3 Å². The molecule has 0 aliphatic rings. The van der Waals surface area contributed by atoms with Gasteiger partial charge in [-0.1, -0.05) is 0 Å². The minimum atomic E-state index is -0.572. The van der Waals surface area contributed by atoms with E-state index >= 15 is 0 Å². The first-order chi connectivity index (χ1) is 8.58. The summed E-state index contributed by atoms with van der Waals surface area (Å²) in [4.78, 5) is 4.07. The van der Waals surface area contributed by atoms with Gasteiger partial charge in [0.2, 0.25) is 5.88 Å². The van der Waals surface area contributed by atoms with E-state index in [1.165, 1.54) is 18.2 Å². The molecule has 1 aromatic heterocycles. The smallest absolute Gasteiger partial charge is 0.220 e. The largest absolute Gasteiger partial charge is 0.436 e. The van der Waals surface area contributed by atoms with Crippen LogP contribution in [0.2, 0.25) is 0 Å². The number of ether oxygens (including phenoxy) is 1. The minimum absolute atomic E-state index is 0.0196. The number of nitrogens with zero attached hydrogens (tertiary/aromatic N) is 2. The van der Waals surface area contributed by atoms with Crippen molar-refractivity contribution in [2.24, 2.45) is 0 Å². The predicted octanol–water partition coefficient (Wildman–Crippen LogP) is 2.78. The standard InChI is InChI=1S/C13H10FN3O/c1-8-4-9(7-15)5-13(17-8)18-12-3-2-10(16)6-11(12)14/h2-6H,16H2,1H3. The van der Waals surface area contributed by atoms with E-state index in [4.69, 9.17) is 15.7 Å². The number of nitrogens with two attached hydrogens (primary N) is 1. The van der Waals surface area contributed by atoms with Gasteiger partial charge in [0.05, 0.1) is 11.6 Å². The topological polar surface area (TPSA) is 71.9 Å². The van der Waals surface area contributed by atoms with Crippen molar-refractivity contribution in [1.82, 2.24) is 4.98 Å². The molecule has 1 aromatic carbocycles. The quantitative estimate of drug-likeness (QED) is 0.823. The van der Waals surface area contributed by atoms with Crippen LogP contribution in [0.25, 0.3) is 0 Å². The molecule has 2 rings (SSSR count). The van der Waals surface area contributed by atoms with E-state index in [9.17, 15) is 4.39 Å². The van der Waals surface area contributed by atoms with Gasteiger partial charge in [-0.2, -0.15) is 5.26 Å². The Kier molecular flexibility index (Phi) is 3.11. The second kappa shape index (κ2) is 4.72. The van der Waals surface area contributed by atoms with Crippen LogP contribution in [0.4, 0.5) is 10.1 Å². The van der Waals surface area contributed by atoms with Gasteiger partial charge in [0, 0.05) is 23.5 Å². The van der Waals surface area contributed by atoms with E-state index in [0.717, 1.165) is 6.07 Å². The van der Waals surface area contributed by atoms with Gasteiger partial charge in [0.1, 0.15) is 0 Å². The molecule has 0 spiro atoms. The van der Waals surface area contributed by atoms with Gasteiger partial charge in [-0.05, 0) is 25.1 Å². The summed E-state index contributed by atoms with van der Waals surface area (Å²) in [5.41, 5.74) is 6.79. The summed E-state index contributed by atoms with van der Waals surface area (Å²) >= 11 is 0. The molecule has 0 saturated carbocycles. The maximum Gasteiger partial charge on any atom is 0.220 e. The first kappa shape index (κ1) is 11.9. The lowest BCUT2D eigenvalue weighted by Gasteiger charge is -2.07. The van der Waals surface area contributed by atoms with Crippen molar-refractivity contribution in [2.75, 3.05) is 5.73 Å². The third-order valence-corrected chi connectivity index (χ3v) is 2.23. The van der Waals surface area contributed by atoms with Crippen molar-refractivity contribution in [3.63, 3.8) is 0 Å². The molecule has 2 aromatic rings. The van der Waals surface area contributed by atoms with Gasteiger partial charge in [0.15, 0.2) is 11.6 Å². The second-order valence-electron chi connectivity index (χ2n) is 3.74. The maximum atomic E-state index is 13.5. The summed E-state index contributed by atoms with van der Waals surface area (Å²) < 4.78 is 18.8. The van der Waals surface area contributed by atoms with Crippen molar-refractivity contribution >= 4 is 5.69 Å². The van der Waals surface area contributed by atoms with Crippen molar-refractivity contribution in [2.45, 2.75) is 6.92 Å². The van der Waals surface area contributed by atoms with Crippen LogP contribution in [0.1, 0.15) is 11.3 Å². The summed E-state index contributed by atoms with van der Waals surface area (Å²) in [6, 6.07) is 9.16. The zero-order valence-electron chi connectivity index (χ0n) is 9.64. The number of rotatable bonds is 2. The van der Waals surface area contributed by atoms with Crippen LogP contribution in [0, 0.1) is 24.1 Å². The average molecular weight is 243 g/mol. The second-order valence-corrected chi connectivity index (χ2v) is 3.74. The van der Waals surface area contributed by atoms with Gasteiger partial charge in [-0.15, -0.1) is 0 Å². The van der Waals surface area contributed by atoms with Crippen molar-refractivity contribution < 1.29 is 9.13 Å². The summed E-state index contributed by atoms with van der Waals surface area (Å²) in [7, 11) is 0. The van der Waals surface area contributed by atoms with Gasteiger partial charge in [-0.3, -0.25) is 0 Å². The average Bonchev–Trinajstić information content (AvgIpc) is 2.32. The summed E-state index contributed by atoms with van der Waals surface area (Å²) in [6.07, 6.45) is 0. The lowest BCUT2D eigenvalue weighted by molar-refractivity contribution is 0.426. The molecule has 0 aliphatic carbocycles. The Labute approximate surface area is 103 Å². The SMILES string of the molecule is Cc1cc(C#N)cc(Oc2ccc(N)cc2F)n1. The summed E-state index contributed by atoms with van der Waals surface area (Å²) in [5.74, 6) is -0.377. The van der Waals surface area contributed by atoms with Crippen LogP contribution in [0.3, 0.4) is 0 Å². The lowest BCUT2D eigenvalue weighted by Crippen LogP contribution is -1.95. The van der Waals surface area contributed by atoms with E-state index in [1.54, 1.807) is 13.0 Å². The van der Waals surface area contributed by atoms with Crippen LogP contribution >= 0.6 is 0 Å². The number of hydrogen-bond donors (Lipinski definition) is 1. The predicted molar refractivity (Wildman–Crippen MR) is 64.6 cm³/mol. The Bertz CT molecular complexity index is 635. The van der Waals surface area contributed by atoms with E-state index < -0.39 is 5.82 Å². The molecule has 18 heavy (non-hydrogen) atoms. The van der Waals surface area contributed by atoms with E-state index in [-0.39, 0.29) is 11.6 Å². The van der Waals surface area contributed by atoms with Crippen molar-refractivity contribution in [1.29, 1.82) is 5.26 Å². The van der Waals surface area contributed by atoms with Crippen LogP contribution in [0.5, 0.6) is 11.6 Å². The molecule has 1 heterocycles. The number of nitrogen functional groups attached to an aromatic ring is 1. The number of anilines is 1. The molecular formula is C13H10FN3O. The highest BCUT2D eigenvalue weighted by atomic mass is 19.1. The highest BCUT2D eigenvalue weighted by molar-refractivity contribution is 5.44. The molecular weight excluding hydrogens is 233 g/mol. The first-order valence-electron chi connectivity index (χ1n) is 5.20. The number of aromatic nitrogens is 1. The normalized spacial score (nSPS) is 9.83. The Balaban J connectivity index is 2.34. The minimum Gasteiger partial charge on any atom is -0.436 e. The number of benzene rings is 1. The molecule has 4 nitrogen and oxygen atoms in total. The zero-order chi connectivity index (χ0) is 13.1. The molecule has 0 unspecified atom stereocenters. The highest BCUT2D eigenvalue weighted by Crippen LogP contribution is 2.25. The monoisotopic (exact) mass is 243 g/mol. The summed E-state index contributed by atoms with van der Waals surface area (Å²) in [6.45, 7) is 1.73. The molecule has 0 fully saturated rings. The summed E-state index contributed by atoms with van der Waals surface area (Å²) in [5, 5.41) is 8.82. The number of aryl methyl sites for hydroxylation is 1. The Morgan fingerprint density at radius 3 is 2.78 bits per heavy atom. The molecule has 90 valence electrons. The molecule has 0 amide bonds. The number of hydrogen-bond acceptors (Lipinski definition) is 4. The third-order valence-electron chi connectivity index (χ3n) is 2.23. The molecule has 0 saturated heterocycles. The molecule has 0 radical (unpaired) electrons. The third kappa shape index (κ3) is 2.55. The molecule has 5 heteroatoms. The molecule has 0 atom stereocenters. The maximum absolute atomic E-state index is 13.5. The van der Waals surface area contributed by atoms with Crippen molar-refractivity contribution in [3.8, 4) is 17.7 Å². The number of nitriles is 1. The Morgan fingerprint density at radius 1 is 1.33 bits per heavy atom. The Morgan fingerprint density at radius 2 is 2.11 bits per heavy atom. The molecule has 0 aliphatic heterocycles. The van der Waals surface area contributed by atoms with Crippen LogP contribution in [-0.2, 0) is 0 Å². The van der Waals surface area contributed by atoms with Gasteiger partial charge in [-0.25, -0.2) is 9.37 Å². The number of halogens is 1. The first-order valence-corrected chi connectivity index (χ1v) is 5.20. The van der Waals surface area contributed by atoms with E-state index in [0.29, 0.717) is 16.9 Å². The zero-order valence-corrected chi connectivity index (χ0v) is 9.64. The van der Waals surface area contributed by atoms with E-state index in [2.05, 4.69) is 4.98 Å². The number of pyridine rings is 1. The fourth-order valence-corrected chi connectivity index (χ4v) is 1.47. The fourth-order valence-electron chi connectivity index (χ4n) is 1.47. The van der Waals surface area contributed by atoms with Crippen molar-refractivity contribution in [3.05, 3.63) is 47.4 Å². The Hall–Kier alpha value is -2.61. The lowest BCUT2D eigenvalue weighted by atomic mass is 10.2. The molecule has 0 bridgehead atoms. The van der Waals surface area contributed by atoms with Gasteiger partial charge in [0.25, 0.3) is 0 Å². The van der Waals surface area contributed by atoms with Crippen LogP contribution < -0.4 is 10.5 Å². The van der Waals surface area contributed by atoms with Crippen LogP contribution in [-0.4, -0.2) is 4.98 Å². The van der Waals surface area contributed by atoms with Gasteiger partial charge >= 0.3 is 0 Å². The van der Waals surface area contributed by atoms with E-state index in [1.807, 2.05) is 6.07 Å². The highest BCUT2D eigenvalue weighted by Gasteiger charge is 2.07. The molecule has 2 N–H and O–H groups in total. The van der Waals surface area contributed by atoms with Gasteiger partial charge < -0.3 is 10.5 Å². The fraction of sp³-hybridized carbons (Fsp3) is 0.0769.